The summed E-state index contributed by atoms with van der Waals surface area (Å²) in [6.45, 7) is 2.30. The highest BCUT2D eigenvalue weighted by atomic mass is 16.1. The van der Waals surface area contributed by atoms with Gasteiger partial charge in [-0.15, -0.1) is 0 Å². The summed E-state index contributed by atoms with van der Waals surface area (Å²) < 4.78 is 0. The molecule has 2 aromatic rings. The molecule has 84 valence electrons. The van der Waals surface area contributed by atoms with Gasteiger partial charge < -0.3 is 16.0 Å². The third-order valence-electron chi connectivity index (χ3n) is 2.41. The van der Waals surface area contributed by atoms with Gasteiger partial charge >= 0.3 is 0 Å². The molecule has 1 aromatic carbocycles. The molecule has 0 spiro atoms. The molecule has 0 saturated heterocycles. The Morgan fingerprint density at radius 2 is 2.44 bits per heavy atom. The lowest BCUT2D eigenvalue weighted by molar-refractivity contribution is 0.0941. The Bertz CT molecular complexity index is 505. The van der Waals surface area contributed by atoms with Crippen molar-refractivity contribution in [1.29, 1.82) is 0 Å². The third kappa shape index (κ3) is 2.04. The number of nitrogens with one attached hydrogen (secondary N) is 2. The van der Waals surface area contributed by atoms with Crippen LogP contribution in [0, 0.1) is 0 Å². The molecule has 1 amide bonds. The number of carbonyl (C=O) groups excluding carboxylic acids is 1. The first-order valence-corrected chi connectivity index (χ1v) is 5.15. The number of imidazole rings is 1. The van der Waals surface area contributed by atoms with Gasteiger partial charge in [0.05, 0.1) is 17.4 Å². The van der Waals surface area contributed by atoms with Crippen molar-refractivity contribution in [2.45, 2.75) is 13.0 Å². The summed E-state index contributed by atoms with van der Waals surface area (Å²) in [6.07, 6.45) is 1.61. The molecule has 16 heavy (non-hydrogen) atoms. The lowest BCUT2D eigenvalue weighted by atomic mass is 10.2. The van der Waals surface area contributed by atoms with Gasteiger partial charge in [0.25, 0.3) is 5.91 Å². The minimum atomic E-state index is -0.116. The summed E-state index contributed by atoms with van der Waals surface area (Å²) in [5.41, 5.74) is 7.75. The lowest BCUT2D eigenvalue weighted by Crippen LogP contribution is -2.37. The molecule has 0 unspecified atom stereocenters. The highest BCUT2D eigenvalue weighted by Gasteiger charge is 2.09. The molecule has 1 atom stereocenters. The Labute approximate surface area is 93.1 Å². The molecule has 5 heteroatoms. The quantitative estimate of drug-likeness (QED) is 0.706. The van der Waals surface area contributed by atoms with E-state index >= 15 is 0 Å². The van der Waals surface area contributed by atoms with Gasteiger partial charge in [-0.1, -0.05) is 0 Å². The summed E-state index contributed by atoms with van der Waals surface area (Å²) in [5.74, 6) is -0.116. The normalized spacial score (nSPS) is 12.6. The predicted octanol–water partition coefficient (Wildman–Crippen LogP) is 0.640. The van der Waals surface area contributed by atoms with E-state index in [2.05, 4.69) is 15.3 Å². The number of fused-ring (bicyclic) bond motifs is 1. The van der Waals surface area contributed by atoms with Gasteiger partial charge in [-0.25, -0.2) is 4.98 Å². The standard InChI is InChI=1S/C11H14N4O/c1-7(5-12)15-11(16)8-2-3-9-10(4-8)14-6-13-9/h2-4,6-7H,5,12H2,1H3,(H,13,14)(H,15,16)/t7-/m1/s1. The Kier molecular flexibility index (Phi) is 2.87. The van der Waals surface area contributed by atoms with Crippen LogP contribution in [0.5, 0.6) is 0 Å². The van der Waals surface area contributed by atoms with Gasteiger partial charge in [0, 0.05) is 18.2 Å². The highest BCUT2D eigenvalue weighted by Crippen LogP contribution is 2.11. The van der Waals surface area contributed by atoms with Crippen LogP contribution in [0.4, 0.5) is 0 Å². The fraction of sp³-hybridized carbons (Fsp3) is 0.273. The predicted molar refractivity (Wildman–Crippen MR) is 62.1 cm³/mol. The number of aromatic amines is 1. The van der Waals surface area contributed by atoms with Crippen LogP contribution >= 0.6 is 0 Å². The molecule has 1 heterocycles. The number of nitrogens with two attached hydrogens (primary N) is 1. The van der Waals surface area contributed by atoms with Gasteiger partial charge in [0.15, 0.2) is 0 Å². The molecule has 0 saturated carbocycles. The number of aromatic nitrogens is 2. The Balaban J connectivity index is 2.22. The van der Waals surface area contributed by atoms with Crippen LogP contribution in [0.15, 0.2) is 24.5 Å². The molecular weight excluding hydrogens is 204 g/mol. The Hall–Kier alpha value is -1.88. The van der Waals surface area contributed by atoms with Crippen LogP contribution < -0.4 is 11.1 Å². The van der Waals surface area contributed by atoms with E-state index in [1.807, 2.05) is 13.0 Å². The Morgan fingerprint density at radius 3 is 3.19 bits per heavy atom. The molecule has 2 rings (SSSR count). The number of benzene rings is 1. The first kappa shape index (κ1) is 10.6. The van der Waals surface area contributed by atoms with Crippen molar-refractivity contribution in [2.75, 3.05) is 6.54 Å². The van der Waals surface area contributed by atoms with Crippen molar-refractivity contribution < 1.29 is 4.79 Å². The number of H-pyrrole nitrogens is 1. The van der Waals surface area contributed by atoms with Crippen LogP contribution in [-0.4, -0.2) is 28.5 Å². The minimum Gasteiger partial charge on any atom is -0.348 e. The zero-order chi connectivity index (χ0) is 11.5. The fourth-order valence-corrected chi connectivity index (χ4v) is 1.44. The van der Waals surface area contributed by atoms with E-state index in [1.54, 1.807) is 18.5 Å². The summed E-state index contributed by atoms with van der Waals surface area (Å²) in [6, 6.07) is 5.32. The summed E-state index contributed by atoms with van der Waals surface area (Å²) in [5, 5.41) is 2.80. The summed E-state index contributed by atoms with van der Waals surface area (Å²) >= 11 is 0. The molecule has 0 bridgehead atoms. The zero-order valence-electron chi connectivity index (χ0n) is 9.03. The molecule has 5 nitrogen and oxygen atoms in total. The van der Waals surface area contributed by atoms with E-state index in [0.29, 0.717) is 12.1 Å². The van der Waals surface area contributed by atoms with E-state index in [0.717, 1.165) is 11.0 Å². The molecule has 0 aliphatic heterocycles. The van der Waals surface area contributed by atoms with E-state index in [4.69, 9.17) is 5.73 Å². The second-order valence-electron chi connectivity index (χ2n) is 3.74. The maximum absolute atomic E-state index is 11.8. The number of nitrogens with zero attached hydrogens (tertiary/aromatic N) is 1. The van der Waals surface area contributed by atoms with Crippen LogP contribution in [0.25, 0.3) is 11.0 Å². The molecule has 0 aliphatic carbocycles. The van der Waals surface area contributed by atoms with Crippen LogP contribution in [-0.2, 0) is 0 Å². The van der Waals surface area contributed by atoms with Crippen LogP contribution in [0.3, 0.4) is 0 Å². The monoisotopic (exact) mass is 218 g/mol. The smallest absolute Gasteiger partial charge is 0.251 e. The maximum atomic E-state index is 11.8. The van der Waals surface area contributed by atoms with Gasteiger partial charge in [-0.3, -0.25) is 4.79 Å². The largest absolute Gasteiger partial charge is 0.348 e. The maximum Gasteiger partial charge on any atom is 0.251 e. The van der Waals surface area contributed by atoms with Crippen molar-refractivity contribution in [3.05, 3.63) is 30.1 Å². The molecule has 1 aromatic heterocycles. The van der Waals surface area contributed by atoms with Gasteiger partial charge in [-0.05, 0) is 25.1 Å². The average molecular weight is 218 g/mol. The second kappa shape index (κ2) is 4.32. The van der Waals surface area contributed by atoms with Gasteiger partial charge in [-0.2, -0.15) is 0 Å². The molecule has 4 N–H and O–H groups in total. The summed E-state index contributed by atoms with van der Waals surface area (Å²) in [7, 11) is 0. The molecular formula is C11H14N4O. The van der Waals surface area contributed by atoms with Crippen molar-refractivity contribution in [3.8, 4) is 0 Å². The highest BCUT2D eigenvalue weighted by molar-refractivity contribution is 5.97. The van der Waals surface area contributed by atoms with Gasteiger partial charge in [0.2, 0.25) is 0 Å². The number of hydrogen-bond donors (Lipinski definition) is 3. The second-order valence-corrected chi connectivity index (χ2v) is 3.74. The molecule has 0 radical (unpaired) electrons. The molecule has 0 fully saturated rings. The first-order chi connectivity index (χ1) is 7.70. The van der Waals surface area contributed by atoms with E-state index in [-0.39, 0.29) is 11.9 Å². The Morgan fingerprint density at radius 1 is 1.62 bits per heavy atom. The first-order valence-electron chi connectivity index (χ1n) is 5.15. The van der Waals surface area contributed by atoms with E-state index in [9.17, 15) is 4.79 Å². The average Bonchev–Trinajstić information content (AvgIpc) is 2.75. The van der Waals surface area contributed by atoms with Crippen molar-refractivity contribution in [1.82, 2.24) is 15.3 Å². The number of carbonyl (C=O) groups is 1. The number of hydrogen-bond acceptors (Lipinski definition) is 3. The molecule has 0 aliphatic rings. The fourth-order valence-electron chi connectivity index (χ4n) is 1.44. The summed E-state index contributed by atoms with van der Waals surface area (Å²) in [4.78, 5) is 18.8. The van der Waals surface area contributed by atoms with Crippen molar-refractivity contribution >= 4 is 16.9 Å². The van der Waals surface area contributed by atoms with Crippen molar-refractivity contribution in [3.63, 3.8) is 0 Å². The van der Waals surface area contributed by atoms with E-state index < -0.39 is 0 Å². The topological polar surface area (TPSA) is 83.8 Å². The minimum absolute atomic E-state index is 0.0232. The SMILES string of the molecule is C[C@H](CN)NC(=O)c1ccc2nc[nH]c2c1. The van der Waals surface area contributed by atoms with Crippen LogP contribution in [0.1, 0.15) is 17.3 Å². The lowest BCUT2D eigenvalue weighted by Gasteiger charge is -2.10. The van der Waals surface area contributed by atoms with Crippen molar-refractivity contribution in [2.24, 2.45) is 5.73 Å². The zero-order valence-corrected chi connectivity index (χ0v) is 9.03. The van der Waals surface area contributed by atoms with Crippen LogP contribution in [0.2, 0.25) is 0 Å². The third-order valence-corrected chi connectivity index (χ3v) is 2.41. The van der Waals surface area contributed by atoms with E-state index in [1.165, 1.54) is 0 Å². The van der Waals surface area contributed by atoms with Gasteiger partial charge in [0.1, 0.15) is 0 Å². The number of amides is 1. The number of rotatable bonds is 3.